The fourth-order valence-corrected chi connectivity index (χ4v) is 5.21. The van der Waals surface area contributed by atoms with E-state index in [2.05, 4.69) is 10.3 Å². The van der Waals surface area contributed by atoms with E-state index in [1.807, 2.05) is 6.07 Å². The molecule has 4 rings (SSSR count). The van der Waals surface area contributed by atoms with Crippen molar-refractivity contribution in [2.45, 2.75) is 36.7 Å². The number of nitrogens with zero attached hydrogens (tertiary/aromatic N) is 2. The average Bonchev–Trinajstić information content (AvgIpc) is 3.00. The summed E-state index contributed by atoms with van der Waals surface area (Å²) >= 11 is 0. The van der Waals surface area contributed by atoms with Crippen molar-refractivity contribution >= 4 is 26.8 Å². The molecular weight excluding hydrogens is 397 g/mol. The van der Waals surface area contributed by atoms with Crippen molar-refractivity contribution in [1.29, 1.82) is 0 Å². The SMILES string of the molecule is O=C(O)Cn1c2c(c3ncccc31)CC(NCS(=O)(=O)c1ccccc1F)CC2. The second-order valence-electron chi connectivity index (χ2n) is 7.11. The van der Waals surface area contributed by atoms with Crippen LogP contribution in [0.5, 0.6) is 0 Å². The third kappa shape index (κ3) is 3.75. The van der Waals surface area contributed by atoms with Gasteiger partial charge in [-0.25, -0.2) is 12.8 Å². The van der Waals surface area contributed by atoms with Crippen LogP contribution >= 0.6 is 0 Å². The number of carboxylic acid groups (broad SMARTS) is 1. The van der Waals surface area contributed by atoms with E-state index in [1.54, 1.807) is 16.8 Å². The molecule has 0 saturated heterocycles. The first kappa shape index (κ1) is 19.5. The number of fused-ring (bicyclic) bond motifs is 3. The van der Waals surface area contributed by atoms with Gasteiger partial charge in [0, 0.05) is 23.5 Å². The molecule has 2 aromatic heterocycles. The van der Waals surface area contributed by atoms with Gasteiger partial charge in [-0.15, -0.1) is 0 Å². The van der Waals surface area contributed by atoms with Crippen molar-refractivity contribution in [3.63, 3.8) is 0 Å². The van der Waals surface area contributed by atoms with Crippen LogP contribution in [-0.4, -0.2) is 41.0 Å². The van der Waals surface area contributed by atoms with Crippen LogP contribution in [0.3, 0.4) is 0 Å². The molecule has 1 aliphatic rings. The molecule has 0 bridgehead atoms. The van der Waals surface area contributed by atoms with Gasteiger partial charge in [0.15, 0.2) is 9.84 Å². The maximum Gasteiger partial charge on any atom is 0.323 e. The highest BCUT2D eigenvalue weighted by Gasteiger charge is 2.28. The lowest BCUT2D eigenvalue weighted by Crippen LogP contribution is -2.38. The molecule has 3 aromatic rings. The molecular formula is C20H20FN3O4S. The number of carbonyl (C=O) groups is 1. The molecule has 2 heterocycles. The van der Waals surface area contributed by atoms with Crippen molar-refractivity contribution in [3.8, 4) is 0 Å². The van der Waals surface area contributed by atoms with Gasteiger partial charge in [0.1, 0.15) is 23.1 Å². The molecule has 0 amide bonds. The van der Waals surface area contributed by atoms with Crippen LogP contribution in [0.25, 0.3) is 11.0 Å². The lowest BCUT2D eigenvalue weighted by Gasteiger charge is -2.24. The number of carboxylic acids is 1. The van der Waals surface area contributed by atoms with Crippen LogP contribution < -0.4 is 5.32 Å². The van der Waals surface area contributed by atoms with Gasteiger partial charge in [-0.2, -0.15) is 0 Å². The molecule has 152 valence electrons. The van der Waals surface area contributed by atoms with Crippen molar-refractivity contribution in [2.24, 2.45) is 0 Å². The van der Waals surface area contributed by atoms with Crippen molar-refractivity contribution in [1.82, 2.24) is 14.9 Å². The Morgan fingerprint density at radius 1 is 1.28 bits per heavy atom. The predicted octanol–water partition coefficient (Wildman–Crippen LogP) is 2.14. The van der Waals surface area contributed by atoms with Crippen LogP contribution in [-0.2, 0) is 34.0 Å². The molecule has 0 saturated carbocycles. The van der Waals surface area contributed by atoms with Gasteiger partial charge in [-0.05, 0) is 43.5 Å². The Morgan fingerprint density at radius 3 is 2.83 bits per heavy atom. The first-order chi connectivity index (χ1) is 13.9. The van der Waals surface area contributed by atoms with Crippen molar-refractivity contribution in [2.75, 3.05) is 5.88 Å². The smallest absolute Gasteiger partial charge is 0.323 e. The van der Waals surface area contributed by atoms with Crippen LogP contribution in [0.1, 0.15) is 17.7 Å². The molecule has 0 spiro atoms. The summed E-state index contributed by atoms with van der Waals surface area (Å²) in [4.78, 5) is 15.4. The van der Waals surface area contributed by atoms with Crippen LogP contribution in [0.15, 0.2) is 47.5 Å². The van der Waals surface area contributed by atoms with Crippen LogP contribution in [0, 0.1) is 5.82 Å². The second kappa shape index (κ2) is 7.57. The second-order valence-corrected chi connectivity index (χ2v) is 9.07. The molecule has 0 radical (unpaired) electrons. The molecule has 7 nitrogen and oxygen atoms in total. The van der Waals surface area contributed by atoms with E-state index in [9.17, 15) is 22.7 Å². The molecule has 29 heavy (non-hydrogen) atoms. The van der Waals surface area contributed by atoms with Gasteiger partial charge in [0.2, 0.25) is 0 Å². The summed E-state index contributed by atoms with van der Waals surface area (Å²) in [6.45, 7) is -0.142. The first-order valence-electron chi connectivity index (χ1n) is 9.24. The largest absolute Gasteiger partial charge is 0.480 e. The summed E-state index contributed by atoms with van der Waals surface area (Å²) in [5, 5.41) is 12.3. The highest BCUT2D eigenvalue weighted by Crippen LogP contribution is 2.31. The van der Waals surface area contributed by atoms with E-state index < -0.39 is 21.6 Å². The Kier molecular flexibility index (Phi) is 5.10. The van der Waals surface area contributed by atoms with E-state index >= 15 is 0 Å². The van der Waals surface area contributed by atoms with Gasteiger partial charge in [-0.1, -0.05) is 12.1 Å². The van der Waals surface area contributed by atoms with Crippen molar-refractivity contribution in [3.05, 3.63) is 59.7 Å². The Labute approximate surface area is 167 Å². The zero-order valence-electron chi connectivity index (χ0n) is 15.5. The quantitative estimate of drug-likeness (QED) is 0.637. The normalized spacial score (nSPS) is 16.7. The van der Waals surface area contributed by atoms with Gasteiger partial charge in [0.25, 0.3) is 0 Å². The number of halogens is 1. The van der Waals surface area contributed by atoms with Gasteiger partial charge >= 0.3 is 5.97 Å². The summed E-state index contributed by atoms with van der Waals surface area (Å²) in [6, 6.07) is 8.81. The van der Waals surface area contributed by atoms with Gasteiger partial charge < -0.3 is 15.0 Å². The molecule has 0 fully saturated rings. The van der Waals surface area contributed by atoms with E-state index in [1.165, 1.54) is 18.2 Å². The number of benzene rings is 1. The monoisotopic (exact) mass is 417 g/mol. The number of aliphatic carboxylic acids is 1. The van der Waals surface area contributed by atoms with E-state index in [0.717, 1.165) is 28.4 Å². The highest BCUT2D eigenvalue weighted by atomic mass is 32.2. The fraction of sp³-hybridized carbons (Fsp3) is 0.300. The summed E-state index contributed by atoms with van der Waals surface area (Å²) in [6.07, 6.45) is 3.45. The number of rotatable bonds is 6. The Morgan fingerprint density at radius 2 is 2.07 bits per heavy atom. The van der Waals surface area contributed by atoms with E-state index in [-0.39, 0.29) is 23.4 Å². The van der Waals surface area contributed by atoms with Gasteiger partial charge in [0.05, 0.1) is 11.0 Å². The number of sulfone groups is 1. The third-order valence-electron chi connectivity index (χ3n) is 5.24. The molecule has 9 heteroatoms. The fourth-order valence-electron chi connectivity index (χ4n) is 3.94. The standard InChI is InChI=1S/C20H20FN3O4S/c21-15-4-1-2-6-18(15)29(27,28)12-23-13-7-8-16-14(10-13)20-17(5-3-9-22-20)24(16)11-19(25)26/h1-6,9,13,23H,7-8,10-12H2,(H,25,26). The number of hydrogen-bond acceptors (Lipinski definition) is 5. The van der Waals surface area contributed by atoms with Crippen molar-refractivity contribution < 1.29 is 22.7 Å². The summed E-state index contributed by atoms with van der Waals surface area (Å²) in [7, 11) is -3.81. The Hall–Kier alpha value is -2.78. The molecule has 1 atom stereocenters. The molecule has 1 unspecified atom stereocenters. The average molecular weight is 417 g/mol. The van der Waals surface area contributed by atoms with Gasteiger partial charge in [-0.3, -0.25) is 9.78 Å². The number of nitrogens with one attached hydrogen (secondary N) is 1. The molecule has 2 N–H and O–H groups in total. The summed E-state index contributed by atoms with van der Waals surface area (Å²) in [5.41, 5.74) is 3.37. The van der Waals surface area contributed by atoms with Crippen LogP contribution in [0.2, 0.25) is 0 Å². The first-order valence-corrected chi connectivity index (χ1v) is 10.9. The maximum absolute atomic E-state index is 13.9. The minimum absolute atomic E-state index is 0.130. The highest BCUT2D eigenvalue weighted by molar-refractivity contribution is 7.91. The number of pyridine rings is 1. The lowest BCUT2D eigenvalue weighted by atomic mass is 9.92. The zero-order valence-corrected chi connectivity index (χ0v) is 16.3. The molecule has 0 aliphatic heterocycles. The third-order valence-corrected chi connectivity index (χ3v) is 6.79. The Balaban J connectivity index is 1.57. The number of aromatic nitrogens is 2. The summed E-state index contributed by atoms with van der Waals surface area (Å²) in [5.74, 6) is -2.05. The lowest BCUT2D eigenvalue weighted by molar-refractivity contribution is -0.137. The Bertz CT molecular complexity index is 1190. The summed E-state index contributed by atoms with van der Waals surface area (Å²) < 4.78 is 40.6. The minimum Gasteiger partial charge on any atom is -0.480 e. The molecule has 1 aromatic carbocycles. The predicted molar refractivity (Wildman–Crippen MR) is 105 cm³/mol. The molecule has 1 aliphatic carbocycles. The van der Waals surface area contributed by atoms with E-state index in [0.29, 0.717) is 19.3 Å². The minimum atomic E-state index is -3.81. The maximum atomic E-state index is 13.9. The topological polar surface area (TPSA) is 101 Å². The van der Waals surface area contributed by atoms with E-state index in [4.69, 9.17) is 0 Å². The zero-order chi connectivity index (χ0) is 20.6. The van der Waals surface area contributed by atoms with Crippen LogP contribution in [0.4, 0.5) is 4.39 Å². The number of hydrogen-bond donors (Lipinski definition) is 2.